The number of aromatic nitrogens is 7. The molecule has 7 heterocycles. The second kappa shape index (κ2) is 21.3. The summed E-state index contributed by atoms with van der Waals surface area (Å²) < 4.78 is 40.0. The highest BCUT2D eigenvalue weighted by atomic mass is 79.9. The lowest BCUT2D eigenvalue weighted by Crippen LogP contribution is -2.30. The van der Waals surface area contributed by atoms with Crippen molar-refractivity contribution in [3.63, 3.8) is 0 Å². The smallest absolute Gasteiger partial charge is 0.423 e. The van der Waals surface area contributed by atoms with Gasteiger partial charge in [-0.3, -0.25) is 9.97 Å². The van der Waals surface area contributed by atoms with Crippen LogP contribution >= 0.6 is 31.9 Å². The zero-order chi connectivity index (χ0) is 42.5. The average molecular weight is 950 g/mol. The van der Waals surface area contributed by atoms with Gasteiger partial charge in [0.05, 0.1) is 34.2 Å². The molecule has 9 nitrogen and oxygen atoms in total. The first kappa shape index (κ1) is 45.9. The van der Waals surface area contributed by atoms with Crippen LogP contribution in [0.1, 0.15) is 50.5 Å². The molecule has 296 valence electrons. The maximum Gasteiger partial charge on any atom is 0.490 e. The summed E-state index contributed by atoms with van der Waals surface area (Å²) in [7, 11) is -1.58. The molecule has 0 radical (unpaired) electrons. The van der Waals surface area contributed by atoms with E-state index in [4.69, 9.17) is 20.0 Å². The van der Waals surface area contributed by atoms with Crippen molar-refractivity contribution in [3.8, 4) is 22.5 Å². The number of rotatable bonds is 7. The van der Waals surface area contributed by atoms with Gasteiger partial charge in [-0.1, -0.05) is 30.3 Å². The molecule has 0 bridgehead atoms. The number of halogens is 5. The van der Waals surface area contributed by atoms with Gasteiger partial charge in [0.25, 0.3) is 0 Å². The van der Waals surface area contributed by atoms with Gasteiger partial charge in [-0.2, -0.15) is 13.2 Å². The van der Waals surface area contributed by atoms with Crippen LogP contribution in [-0.4, -0.2) is 52.1 Å². The number of nitrogens with zero attached hydrogens (tertiary/aromatic N) is 7. The molecule has 17 heteroatoms. The molecule has 7 rings (SSSR count). The summed E-state index contributed by atoms with van der Waals surface area (Å²) in [6, 6.07) is 31.6. The third kappa shape index (κ3) is 12.6. The van der Waals surface area contributed by atoms with Crippen LogP contribution in [0.5, 0.6) is 0 Å². The molecule has 0 amide bonds. The minimum absolute atomic E-state index is 0.182. The highest BCUT2D eigenvalue weighted by Crippen LogP contribution is 2.32. The van der Waals surface area contributed by atoms with E-state index in [-0.39, 0.29) is 10.9 Å². The van der Waals surface area contributed by atoms with E-state index in [0.717, 1.165) is 55.4 Å². The summed E-state index contributed by atoms with van der Waals surface area (Å²) in [6.07, 6.45) is 4.00. The molecule has 0 spiro atoms. The van der Waals surface area contributed by atoms with Gasteiger partial charge in [0, 0.05) is 68.4 Å². The van der Waals surface area contributed by atoms with Gasteiger partial charge < -0.3 is 10.0 Å². The molecule has 0 aliphatic carbocycles. The van der Waals surface area contributed by atoms with Crippen molar-refractivity contribution in [3.05, 3.63) is 178 Å². The molecule has 0 aliphatic heterocycles. The standard InChI is InChI=1S/C23H18F2N4.C13H12Br2N2.C5H5BFNO2.S2/c1-23(2,19-7-3-5-17(28-19)15-9-11-21(24)26-13-15)20-8-4-6-18(29-20)16-10-12-22(25)27-14-16;1-13(2,9-5-3-7-11(14)16-9)10-6-4-8-12(15)17-10;7-5-2-1-4(3-8-5)6(9)10;1-2/h3-14H,1-2H3;3-8H,1-2H3;1-3,9-10H;. The Balaban J connectivity index is 0.000000216. The quantitative estimate of drug-likeness (QED) is 0.118. The van der Waals surface area contributed by atoms with Crippen LogP contribution in [-0.2, 0) is 33.2 Å². The molecule has 7 aromatic rings. The maximum absolute atomic E-state index is 13.1. The van der Waals surface area contributed by atoms with Gasteiger partial charge in [0.15, 0.2) is 0 Å². The largest absolute Gasteiger partial charge is 0.490 e. The Hall–Kier alpha value is -4.78. The van der Waals surface area contributed by atoms with E-state index in [1.54, 1.807) is 12.1 Å². The van der Waals surface area contributed by atoms with Crippen LogP contribution < -0.4 is 5.46 Å². The van der Waals surface area contributed by atoms with Crippen molar-refractivity contribution in [2.45, 2.75) is 38.5 Å². The molecule has 58 heavy (non-hydrogen) atoms. The fourth-order valence-electron chi connectivity index (χ4n) is 5.26. The maximum atomic E-state index is 13.1. The van der Waals surface area contributed by atoms with Crippen molar-refractivity contribution >= 4 is 66.8 Å². The molecule has 0 unspecified atom stereocenters. The molecule has 0 aromatic carbocycles. The number of hydrogen-bond donors (Lipinski definition) is 2. The van der Waals surface area contributed by atoms with Crippen LogP contribution in [0.2, 0.25) is 0 Å². The Morgan fingerprint density at radius 3 is 1.14 bits per heavy atom. The van der Waals surface area contributed by atoms with Crippen LogP contribution in [0, 0.1) is 17.8 Å². The topological polar surface area (TPSA) is 131 Å². The SMILES string of the molecule is CC(C)(c1cccc(-c2ccc(F)nc2)n1)c1cccc(-c2ccc(F)nc2)n1.CC(C)(c1cccc(Br)n1)c1cccc(Br)n1.OB(O)c1ccc(F)nc1.S=S. The predicted molar refractivity (Wildman–Crippen MR) is 232 cm³/mol. The predicted octanol–water partition coefficient (Wildman–Crippen LogP) is 8.43. The lowest BCUT2D eigenvalue weighted by Gasteiger charge is -2.24. The zero-order valence-electron chi connectivity index (χ0n) is 31.4. The summed E-state index contributed by atoms with van der Waals surface area (Å²) in [6.45, 7) is 8.32. The first-order valence-electron chi connectivity index (χ1n) is 17.2. The van der Waals surface area contributed by atoms with Crippen molar-refractivity contribution in [1.29, 1.82) is 0 Å². The third-order valence-corrected chi connectivity index (χ3v) is 9.47. The molecule has 0 aliphatic rings. The lowest BCUT2D eigenvalue weighted by atomic mass is 9.82. The second-order valence-electron chi connectivity index (χ2n) is 13.3. The van der Waals surface area contributed by atoms with Gasteiger partial charge >= 0.3 is 7.12 Å². The molecular formula is C41H35BBr2F3N7O2S2. The van der Waals surface area contributed by atoms with Gasteiger partial charge in [-0.15, -0.1) is 0 Å². The molecule has 0 saturated carbocycles. The molecule has 0 atom stereocenters. The summed E-state index contributed by atoms with van der Waals surface area (Å²) in [4.78, 5) is 29.2. The summed E-state index contributed by atoms with van der Waals surface area (Å²) in [5.74, 6) is -1.69. The van der Waals surface area contributed by atoms with Crippen LogP contribution in [0.25, 0.3) is 22.5 Å². The van der Waals surface area contributed by atoms with E-state index in [2.05, 4.69) is 93.0 Å². The van der Waals surface area contributed by atoms with E-state index in [0.29, 0.717) is 11.4 Å². The first-order chi connectivity index (χ1) is 27.6. The molecular weight excluding hydrogens is 914 g/mol. The first-order valence-corrected chi connectivity index (χ1v) is 20.1. The van der Waals surface area contributed by atoms with Crippen molar-refractivity contribution in [2.75, 3.05) is 0 Å². The Kier molecular flexibility index (Phi) is 16.9. The summed E-state index contributed by atoms with van der Waals surface area (Å²) in [5, 5.41) is 17.0. The molecule has 0 saturated heterocycles. The van der Waals surface area contributed by atoms with E-state index in [1.165, 1.54) is 30.6 Å². The minimum atomic E-state index is -1.58. The van der Waals surface area contributed by atoms with Crippen molar-refractivity contribution < 1.29 is 23.2 Å². The Morgan fingerprint density at radius 1 is 0.483 bits per heavy atom. The average Bonchev–Trinajstić information content (AvgIpc) is 3.23. The summed E-state index contributed by atoms with van der Waals surface area (Å²) >= 11 is 14.1. The minimum Gasteiger partial charge on any atom is -0.423 e. The highest BCUT2D eigenvalue weighted by Gasteiger charge is 2.28. The Labute approximate surface area is 361 Å². The fourth-order valence-corrected chi connectivity index (χ4v) is 5.94. The fraction of sp³-hybridized carbons (Fsp3) is 0.146. The van der Waals surface area contributed by atoms with E-state index in [9.17, 15) is 13.2 Å². The van der Waals surface area contributed by atoms with Gasteiger partial charge in [0.1, 0.15) is 9.21 Å². The monoisotopic (exact) mass is 947 g/mol. The Morgan fingerprint density at radius 2 is 0.828 bits per heavy atom. The van der Waals surface area contributed by atoms with E-state index < -0.39 is 30.4 Å². The van der Waals surface area contributed by atoms with Crippen LogP contribution in [0.4, 0.5) is 13.2 Å². The summed E-state index contributed by atoms with van der Waals surface area (Å²) in [5.41, 5.74) is 6.01. The van der Waals surface area contributed by atoms with Gasteiger partial charge in [0.2, 0.25) is 17.8 Å². The Bertz CT molecular complexity index is 2260. The zero-order valence-corrected chi connectivity index (χ0v) is 36.2. The van der Waals surface area contributed by atoms with Gasteiger partial charge in [-0.25, -0.2) is 24.9 Å². The highest BCUT2D eigenvalue weighted by molar-refractivity contribution is 9.10. The van der Waals surface area contributed by atoms with Crippen molar-refractivity contribution in [1.82, 2.24) is 34.9 Å². The van der Waals surface area contributed by atoms with Crippen molar-refractivity contribution in [2.24, 2.45) is 0 Å². The molecule has 2 N–H and O–H groups in total. The normalized spacial score (nSPS) is 10.8. The van der Waals surface area contributed by atoms with Crippen LogP contribution in [0.15, 0.2) is 137 Å². The van der Waals surface area contributed by atoms with E-state index in [1.807, 2.05) is 86.6 Å². The number of hydrogen-bond acceptors (Lipinski definition) is 11. The van der Waals surface area contributed by atoms with Crippen LogP contribution in [0.3, 0.4) is 0 Å². The molecule has 0 fully saturated rings. The second-order valence-corrected chi connectivity index (χ2v) is 14.9. The van der Waals surface area contributed by atoms with E-state index >= 15 is 0 Å². The lowest BCUT2D eigenvalue weighted by molar-refractivity contribution is 0.425. The molecule has 7 aromatic heterocycles. The van der Waals surface area contributed by atoms with Gasteiger partial charge in [-0.05, 0) is 138 Å². The number of pyridine rings is 7. The third-order valence-electron chi connectivity index (χ3n) is 8.58.